The van der Waals surface area contributed by atoms with Crippen molar-refractivity contribution in [3.63, 3.8) is 0 Å². The summed E-state index contributed by atoms with van der Waals surface area (Å²) >= 11 is 0. The molecule has 0 saturated heterocycles. The second kappa shape index (κ2) is 10.3. The lowest BCUT2D eigenvalue weighted by atomic mass is 9.81. The maximum Gasteiger partial charge on any atom is 0.407 e. The maximum absolute atomic E-state index is 12.3. The van der Waals surface area contributed by atoms with Crippen LogP contribution in [0.2, 0.25) is 0 Å². The summed E-state index contributed by atoms with van der Waals surface area (Å²) in [7, 11) is 0. The fourth-order valence-corrected chi connectivity index (χ4v) is 3.29. The Bertz CT molecular complexity index is 629. The van der Waals surface area contributed by atoms with Gasteiger partial charge in [0, 0.05) is 12.5 Å². The molecule has 28 heavy (non-hydrogen) atoms. The Morgan fingerprint density at radius 1 is 1.04 bits per heavy atom. The minimum Gasteiger partial charge on any atom is -0.492 e. The molecule has 0 spiro atoms. The van der Waals surface area contributed by atoms with Gasteiger partial charge in [-0.3, -0.25) is 4.79 Å². The smallest absolute Gasteiger partial charge is 0.407 e. The molecule has 1 aliphatic carbocycles. The minimum absolute atomic E-state index is 0.0529. The van der Waals surface area contributed by atoms with Gasteiger partial charge in [0.25, 0.3) is 0 Å². The van der Waals surface area contributed by atoms with E-state index in [9.17, 15) is 9.59 Å². The fourth-order valence-electron chi connectivity index (χ4n) is 3.29. The number of aryl methyl sites for hydroxylation is 1. The van der Waals surface area contributed by atoms with Gasteiger partial charge in [0.15, 0.2) is 0 Å². The molecule has 156 valence electrons. The van der Waals surface area contributed by atoms with Crippen molar-refractivity contribution in [1.29, 1.82) is 0 Å². The standard InChI is InChI=1S/C22H34N2O4/c1-16-5-11-19(12-6-16)27-14-13-23-20(25)18-9-7-17(8-10-18)15-24-21(26)28-22(2,3)4/h5-6,11-12,17-18H,7-10,13-15H2,1-4H3,(H,23,25)(H,24,26). The summed E-state index contributed by atoms with van der Waals surface area (Å²) in [5.74, 6) is 1.38. The average molecular weight is 391 g/mol. The zero-order chi connectivity index (χ0) is 20.6. The number of hydrogen-bond acceptors (Lipinski definition) is 4. The zero-order valence-corrected chi connectivity index (χ0v) is 17.5. The van der Waals surface area contributed by atoms with Gasteiger partial charge in [-0.1, -0.05) is 17.7 Å². The molecule has 2 rings (SSSR count). The van der Waals surface area contributed by atoms with Crippen molar-refractivity contribution in [3.05, 3.63) is 29.8 Å². The highest BCUT2D eigenvalue weighted by Gasteiger charge is 2.26. The van der Waals surface area contributed by atoms with Gasteiger partial charge in [0.1, 0.15) is 18.0 Å². The van der Waals surface area contributed by atoms with Crippen LogP contribution in [0.15, 0.2) is 24.3 Å². The lowest BCUT2D eigenvalue weighted by Gasteiger charge is -2.28. The van der Waals surface area contributed by atoms with Crippen LogP contribution in [0.4, 0.5) is 4.79 Å². The second-order valence-electron chi connectivity index (χ2n) is 8.55. The molecule has 1 aromatic carbocycles. The number of rotatable bonds is 7. The first-order valence-corrected chi connectivity index (χ1v) is 10.2. The number of alkyl carbamates (subject to hydrolysis) is 1. The third kappa shape index (κ3) is 8.19. The van der Waals surface area contributed by atoms with Gasteiger partial charge in [0.2, 0.25) is 5.91 Å². The molecular weight excluding hydrogens is 356 g/mol. The fraction of sp³-hybridized carbons (Fsp3) is 0.636. The van der Waals surface area contributed by atoms with E-state index in [0.29, 0.717) is 25.6 Å². The molecule has 1 saturated carbocycles. The molecule has 0 atom stereocenters. The minimum atomic E-state index is -0.483. The molecule has 0 bridgehead atoms. The molecule has 1 fully saturated rings. The third-order valence-corrected chi connectivity index (χ3v) is 4.84. The van der Waals surface area contributed by atoms with E-state index in [2.05, 4.69) is 10.6 Å². The van der Waals surface area contributed by atoms with Gasteiger partial charge in [-0.15, -0.1) is 0 Å². The van der Waals surface area contributed by atoms with Crippen LogP contribution in [0.3, 0.4) is 0 Å². The molecule has 2 N–H and O–H groups in total. The van der Waals surface area contributed by atoms with Crippen molar-refractivity contribution < 1.29 is 19.1 Å². The summed E-state index contributed by atoms with van der Waals surface area (Å²) in [4.78, 5) is 24.1. The molecule has 6 heteroatoms. The molecule has 1 aliphatic rings. The lowest BCUT2D eigenvalue weighted by Crippen LogP contribution is -2.38. The number of carbonyl (C=O) groups excluding carboxylic acids is 2. The van der Waals surface area contributed by atoms with Gasteiger partial charge < -0.3 is 20.1 Å². The van der Waals surface area contributed by atoms with E-state index in [1.807, 2.05) is 52.0 Å². The van der Waals surface area contributed by atoms with Gasteiger partial charge in [0.05, 0.1) is 6.54 Å². The van der Waals surface area contributed by atoms with Crippen molar-refractivity contribution in [1.82, 2.24) is 10.6 Å². The van der Waals surface area contributed by atoms with Crippen LogP contribution >= 0.6 is 0 Å². The van der Waals surface area contributed by atoms with E-state index in [1.165, 1.54) is 5.56 Å². The van der Waals surface area contributed by atoms with E-state index in [0.717, 1.165) is 31.4 Å². The highest BCUT2D eigenvalue weighted by atomic mass is 16.6. The summed E-state index contributed by atoms with van der Waals surface area (Å²) < 4.78 is 10.9. The first kappa shape index (κ1) is 22.1. The first-order valence-electron chi connectivity index (χ1n) is 10.2. The third-order valence-electron chi connectivity index (χ3n) is 4.84. The summed E-state index contributed by atoms with van der Waals surface area (Å²) in [5, 5.41) is 5.81. The zero-order valence-electron chi connectivity index (χ0n) is 17.5. The largest absolute Gasteiger partial charge is 0.492 e. The van der Waals surface area contributed by atoms with Crippen molar-refractivity contribution in [2.24, 2.45) is 11.8 Å². The first-order chi connectivity index (χ1) is 13.2. The number of benzene rings is 1. The molecule has 0 aromatic heterocycles. The second-order valence-corrected chi connectivity index (χ2v) is 8.55. The average Bonchev–Trinajstić information content (AvgIpc) is 2.64. The molecule has 6 nitrogen and oxygen atoms in total. The van der Waals surface area contributed by atoms with Gasteiger partial charge >= 0.3 is 6.09 Å². The molecule has 0 radical (unpaired) electrons. The Labute approximate surface area is 168 Å². The Morgan fingerprint density at radius 2 is 1.68 bits per heavy atom. The SMILES string of the molecule is Cc1ccc(OCCNC(=O)C2CCC(CNC(=O)OC(C)(C)C)CC2)cc1. The molecule has 0 heterocycles. The molecule has 1 aromatic rings. The van der Waals surface area contributed by atoms with Crippen LogP contribution < -0.4 is 15.4 Å². The number of ether oxygens (including phenoxy) is 2. The number of nitrogens with one attached hydrogen (secondary N) is 2. The number of amides is 2. The van der Waals surface area contributed by atoms with Crippen LogP contribution in [0.25, 0.3) is 0 Å². The van der Waals surface area contributed by atoms with Crippen molar-refractivity contribution in [2.75, 3.05) is 19.7 Å². The van der Waals surface area contributed by atoms with Crippen LogP contribution in [0.1, 0.15) is 52.0 Å². The quantitative estimate of drug-likeness (QED) is 0.694. The predicted molar refractivity (Wildman–Crippen MR) is 109 cm³/mol. The highest BCUT2D eigenvalue weighted by Crippen LogP contribution is 2.28. The van der Waals surface area contributed by atoms with Crippen molar-refractivity contribution in [2.45, 2.75) is 59.0 Å². The molecule has 0 aliphatic heterocycles. The van der Waals surface area contributed by atoms with Crippen molar-refractivity contribution in [3.8, 4) is 5.75 Å². The number of carbonyl (C=O) groups is 2. The Morgan fingerprint density at radius 3 is 2.29 bits per heavy atom. The van der Waals surface area contributed by atoms with Crippen LogP contribution in [0, 0.1) is 18.8 Å². The van der Waals surface area contributed by atoms with Crippen molar-refractivity contribution >= 4 is 12.0 Å². The van der Waals surface area contributed by atoms with Gasteiger partial charge in [-0.05, 0) is 71.4 Å². The summed E-state index contributed by atoms with van der Waals surface area (Å²) in [6.07, 6.45) is 3.21. The maximum atomic E-state index is 12.3. The van der Waals surface area contributed by atoms with E-state index < -0.39 is 5.60 Å². The van der Waals surface area contributed by atoms with Gasteiger partial charge in [-0.25, -0.2) is 4.79 Å². The normalized spacial score (nSPS) is 19.6. The van der Waals surface area contributed by atoms with E-state index in [4.69, 9.17) is 9.47 Å². The van der Waals surface area contributed by atoms with Crippen LogP contribution in [-0.4, -0.2) is 37.3 Å². The lowest BCUT2D eigenvalue weighted by molar-refractivity contribution is -0.126. The molecular formula is C22H34N2O4. The Kier molecular flexibility index (Phi) is 8.15. The number of hydrogen-bond donors (Lipinski definition) is 2. The summed E-state index contributed by atoms with van der Waals surface area (Å²) in [6, 6.07) is 7.88. The van der Waals surface area contributed by atoms with E-state index in [1.54, 1.807) is 0 Å². The van der Waals surface area contributed by atoms with Gasteiger partial charge in [-0.2, -0.15) is 0 Å². The van der Waals surface area contributed by atoms with Crippen LogP contribution in [0.5, 0.6) is 5.75 Å². The van der Waals surface area contributed by atoms with E-state index >= 15 is 0 Å². The molecule has 2 amide bonds. The van der Waals surface area contributed by atoms with E-state index in [-0.39, 0.29) is 17.9 Å². The van der Waals surface area contributed by atoms with Crippen LogP contribution in [-0.2, 0) is 9.53 Å². The topological polar surface area (TPSA) is 76.7 Å². The molecule has 0 unspecified atom stereocenters. The highest BCUT2D eigenvalue weighted by molar-refractivity contribution is 5.78. The predicted octanol–water partition coefficient (Wildman–Crippen LogP) is 3.82. The monoisotopic (exact) mass is 390 g/mol. The summed E-state index contributed by atoms with van der Waals surface area (Å²) in [6.45, 7) is 9.16. The Hall–Kier alpha value is -2.24. The Balaban J connectivity index is 1.58. The summed E-state index contributed by atoms with van der Waals surface area (Å²) in [5.41, 5.74) is 0.709.